The van der Waals surface area contributed by atoms with Crippen molar-refractivity contribution >= 4 is 21.7 Å². The highest BCUT2D eigenvalue weighted by atomic mass is 32.2. The van der Waals surface area contributed by atoms with Gasteiger partial charge in [-0.3, -0.25) is 15.1 Å². The molecular formula is C7H11N3O3S. The Labute approximate surface area is 81.7 Å². The van der Waals surface area contributed by atoms with E-state index in [2.05, 4.69) is 15.6 Å². The number of hydrogen-bond acceptors (Lipinski definition) is 4. The van der Waals surface area contributed by atoms with E-state index in [1.807, 2.05) is 0 Å². The lowest BCUT2D eigenvalue weighted by Gasteiger charge is -2.16. The minimum Gasteiger partial charge on any atom is -0.341 e. The first-order valence-electron chi connectivity index (χ1n) is 4.24. The first-order chi connectivity index (χ1) is 6.47. The zero-order valence-corrected chi connectivity index (χ0v) is 8.52. The molecule has 1 unspecified atom stereocenters. The standard InChI is InChI=1S/C7H11N3O3S/c1-8-6-9-5(11)7(10-6)2-3-14(12,13)4-7/h2-4H2,1H3,(H2,8,9,10,11). The molecule has 2 saturated heterocycles. The molecule has 0 saturated carbocycles. The molecule has 2 aliphatic heterocycles. The molecule has 0 radical (unpaired) electrons. The summed E-state index contributed by atoms with van der Waals surface area (Å²) >= 11 is 0. The van der Waals surface area contributed by atoms with E-state index in [1.165, 1.54) is 7.05 Å². The molecule has 2 fully saturated rings. The molecule has 1 amide bonds. The van der Waals surface area contributed by atoms with Crippen LogP contribution in [0.15, 0.2) is 4.99 Å². The number of guanidine groups is 1. The molecule has 7 heteroatoms. The van der Waals surface area contributed by atoms with E-state index in [0.717, 1.165) is 0 Å². The van der Waals surface area contributed by atoms with Crippen LogP contribution >= 0.6 is 0 Å². The average Bonchev–Trinajstić information content (AvgIpc) is 2.56. The van der Waals surface area contributed by atoms with Crippen molar-refractivity contribution in [2.75, 3.05) is 18.6 Å². The van der Waals surface area contributed by atoms with E-state index in [9.17, 15) is 13.2 Å². The van der Waals surface area contributed by atoms with E-state index in [0.29, 0.717) is 12.4 Å². The van der Waals surface area contributed by atoms with Gasteiger partial charge >= 0.3 is 0 Å². The fourth-order valence-corrected chi connectivity index (χ4v) is 3.68. The van der Waals surface area contributed by atoms with Crippen LogP contribution in [0.3, 0.4) is 0 Å². The number of aliphatic imine (C=N–C) groups is 1. The molecule has 2 N–H and O–H groups in total. The maximum Gasteiger partial charge on any atom is 0.253 e. The van der Waals surface area contributed by atoms with E-state index in [-0.39, 0.29) is 17.4 Å². The Kier molecular flexibility index (Phi) is 1.82. The second-order valence-corrected chi connectivity index (χ2v) is 5.76. The number of amides is 1. The Balaban J connectivity index is 2.32. The van der Waals surface area contributed by atoms with Gasteiger partial charge in [0.15, 0.2) is 15.8 Å². The first-order valence-corrected chi connectivity index (χ1v) is 6.06. The summed E-state index contributed by atoms with van der Waals surface area (Å²) in [6.45, 7) is 0. The molecule has 14 heavy (non-hydrogen) atoms. The number of rotatable bonds is 0. The van der Waals surface area contributed by atoms with Crippen molar-refractivity contribution in [1.29, 1.82) is 0 Å². The van der Waals surface area contributed by atoms with Gasteiger partial charge in [0.2, 0.25) is 0 Å². The molecule has 6 nitrogen and oxygen atoms in total. The van der Waals surface area contributed by atoms with Crippen molar-refractivity contribution in [3.63, 3.8) is 0 Å². The minimum absolute atomic E-state index is 0.0599. The number of hydrogen-bond donors (Lipinski definition) is 2. The molecule has 1 spiro atoms. The molecule has 78 valence electrons. The lowest BCUT2D eigenvalue weighted by Crippen LogP contribution is -2.47. The van der Waals surface area contributed by atoms with Crippen LogP contribution in [0, 0.1) is 0 Å². The summed E-state index contributed by atoms with van der Waals surface area (Å²) in [4.78, 5) is 15.3. The van der Waals surface area contributed by atoms with Crippen LogP contribution in [0.2, 0.25) is 0 Å². The van der Waals surface area contributed by atoms with Crippen molar-refractivity contribution in [2.45, 2.75) is 12.0 Å². The molecule has 0 aromatic rings. The van der Waals surface area contributed by atoms with E-state index in [1.54, 1.807) is 0 Å². The smallest absolute Gasteiger partial charge is 0.253 e. The Morgan fingerprint density at radius 2 is 2.21 bits per heavy atom. The van der Waals surface area contributed by atoms with Crippen LogP contribution in [0.4, 0.5) is 0 Å². The first kappa shape index (κ1) is 9.45. The van der Waals surface area contributed by atoms with Crippen LogP contribution in [0.1, 0.15) is 6.42 Å². The van der Waals surface area contributed by atoms with Gasteiger partial charge in [-0.2, -0.15) is 0 Å². The predicted octanol–water partition coefficient (Wildman–Crippen LogP) is -1.75. The topological polar surface area (TPSA) is 87.6 Å². The quantitative estimate of drug-likeness (QED) is 0.503. The van der Waals surface area contributed by atoms with Gasteiger partial charge in [-0.25, -0.2) is 8.42 Å². The molecule has 1 atom stereocenters. The van der Waals surface area contributed by atoms with Crippen molar-refractivity contribution in [1.82, 2.24) is 10.6 Å². The number of carbonyl (C=O) groups is 1. The SMILES string of the molecule is CN=C1NC(=O)C2(CCS(=O)(=O)C2)N1. The summed E-state index contributed by atoms with van der Waals surface area (Å²) in [6.07, 6.45) is 0.320. The van der Waals surface area contributed by atoms with Crippen molar-refractivity contribution in [2.24, 2.45) is 4.99 Å². The fraction of sp³-hybridized carbons (Fsp3) is 0.714. The van der Waals surface area contributed by atoms with E-state index in [4.69, 9.17) is 0 Å². The Morgan fingerprint density at radius 3 is 2.64 bits per heavy atom. The normalized spacial score (nSPS) is 37.5. The minimum atomic E-state index is -3.08. The zero-order chi connectivity index (χ0) is 10.4. The van der Waals surface area contributed by atoms with Gasteiger partial charge in [0.1, 0.15) is 5.54 Å². The number of sulfone groups is 1. The Hall–Kier alpha value is -1.11. The van der Waals surface area contributed by atoms with Crippen molar-refractivity contribution < 1.29 is 13.2 Å². The van der Waals surface area contributed by atoms with Crippen LogP contribution in [-0.2, 0) is 14.6 Å². The van der Waals surface area contributed by atoms with Gasteiger partial charge in [0, 0.05) is 7.05 Å². The van der Waals surface area contributed by atoms with E-state index < -0.39 is 15.4 Å². The maximum absolute atomic E-state index is 11.5. The van der Waals surface area contributed by atoms with Gasteiger partial charge in [-0.05, 0) is 6.42 Å². The molecule has 2 aliphatic rings. The van der Waals surface area contributed by atoms with Crippen LogP contribution in [-0.4, -0.2) is 44.4 Å². The molecule has 2 heterocycles. The molecule has 0 aromatic carbocycles. The van der Waals surface area contributed by atoms with Crippen molar-refractivity contribution in [3.05, 3.63) is 0 Å². The Morgan fingerprint density at radius 1 is 1.50 bits per heavy atom. The Bertz CT molecular complexity index is 414. The van der Waals surface area contributed by atoms with Crippen LogP contribution in [0.5, 0.6) is 0 Å². The molecule has 0 bridgehead atoms. The lowest BCUT2D eigenvalue weighted by molar-refractivity contribution is -0.123. The van der Waals surface area contributed by atoms with Gasteiger partial charge in [-0.1, -0.05) is 0 Å². The second kappa shape index (κ2) is 2.69. The van der Waals surface area contributed by atoms with Gasteiger partial charge < -0.3 is 5.32 Å². The summed E-state index contributed by atoms with van der Waals surface area (Å²) in [7, 11) is -1.55. The third-order valence-electron chi connectivity index (χ3n) is 2.55. The zero-order valence-electron chi connectivity index (χ0n) is 7.70. The summed E-state index contributed by atoms with van der Waals surface area (Å²) in [5, 5.41) is 5.34. The average molecular weight is 217 g/mol. The number of nitrogens with one attached hydrogen (secondary N) is 2. The fourth-order valence-electron chi connectivity index (χ4n) is 1.78. The third kappa shape index (κ3) is 1.28. The molecule has 2 rings (SSSR count). The van der Waals surface area contributed by atoms with Gasteiger partial charge in [-0.15, -0.1) is 0 Å². The third-order valence-corrected chi connectivity index (χ3v) is 4.31. The van der Waals surface area contributed by atoms with E-state index >= 15 is 0 Å². The molecular weight excluding hydrogens is 206 g/mol. The number of nitrogens with zero attached hydrogens (tertiary/aromatic N) is 1. The summed E-state index contributed by atoms with van der Waals surface area (Å²) in [5.74, 6) is -0.0128. The van der Waals surface area contributed by atoms with Crippen molar-refractivity contribution in [3.8, 4) is 0 Å². The highest BCUT2D eigenvalue weighted by Gasteiger charge is 2.52. The maximum atomic E-state index is 11.5. The predicted molar refractivity (Wildman–Crippen MR) is 50.6 cm³/mol. The second-order valence-electron chi connectivity index (χ2n) is 3.58. The monoisotopic (exact) mass is 217 g/mol. The highest BCUT2D eigenvalue weighted by Crippen LogP contribution is 2.26. The summed E-state index contributed by atoms with van der Waals surface area (Å²) in [6, 6.07) is 0. The molecule has 0 aliphatic carbocycles. The van der Waals surface area contributed by atoms with Gasteiger partial charge in [0.25, 0.3) is 5.91 Å². The van der Waals surface area contributed by atoms with Gasteiger partial charge in [0.05, 0.1) is 11.5 Å². The van der Waals surface area contributed by atoms with Crippen LogP contribution < -0.4 is 10.6 Å². The highest BCUT2D eigenvalue weighted by molar-refractivity contribution is 7.91. The molecule has 0 aromatic heterocycles. The number of carbonyl (C=O) groups excluding carboxylic acids is 1. The largest absolute Gasteiger partial charge is 0.341 e. The lowest BCUT2D eigenvalue weighted by atomic mass is 10.0. The summed E-state index contributed by atoms with van der Waals surface area (Å²) in [5.41, 5.74) is -0.965. The summed E-state index contributed by atoms with van der Waals surface area (Å²) < 4.78 is 22.5. The van der Waals surface area contributed by atoms with Crippen LogP contribution in [0.25, 0.3) is 0 Å².